The molecule has 0 aliphatic rings. The lowest BCUT2D eigenvalue weighted by molar-refractivity contribution is 0.112. The molecule has 0 saturated heterocycles. The Labute approximate surface area is 110 Å². The molecule has 94 valence electrons. The van der Waals surface area contributed by atoms with Crippen molar-refractivity contribution in [2.24, 2.45) is 0 Å². The third kappa shape index (κ3) is 2.22. The monoisotopic (exact) mass is 251 g/mol. The van der Waals surface area contributed by atoms with E-state index in [1.54, 1.807) is 12.1 Å². The Balaban J connectivity index is 1.97. The smallest absolute Gasteiger partial charge is 0.150 e. The lowest BCUT2D eigenvalue weighted by Gasteiger charge is -2.06. The van der Waals surface area contributed by atoms with Crippen molar-refractivity contribution in [3.05, 3.63) is 65.9 Å². The normalized spacial score (nSPS) is 10.7. The van der Waals surface area contributed by atoms with Crippen LogP contribution in [0.5, 0.6) is 5.75 Å². The molecule has 3 nitrogen and oxygen atoms in total. The van der Waals surface area contributed by atoms with Crippen LogP contribution in [0.1, 0.15) is 15.9 Å². The van der Waals surface area contributed by atoms with Gasteiger partial charge in [0.1, 0.15) is 12.0 Å². The maximum atomic E-state index is 10.7. The number of hydrogen-bond donors (Lipinski definition) is 1. The zero-order valence-electron chi connectivity index (χ0n) is 10.3. The molecule has 3 heteroatoms. The summed E-state index contributed by atoms with van der Waals surface area (Å²) in [4.78, 5) is 10.7. The second-order valence-electron chi connectivity index (χ2n) is 4.55. The van der Waals surface area contributed by atoms with E-state index in [0.717, 1.165) is 29.3 Å². The standard InChI is InChI=1S/C16H13NO2/c18-11-13-3-6-16-14(9-13)7-8-17(16)10-12-1-4-15(19)5-2-12/h1-9,11,19H,10H2. The Hall–Kier alpha value is -2.55. The third-order valence-electron chi connectivity index (χ3n) is 3.22. The maximum Gasteiger partial charge on any atom is 0.150 e. The number of phenols is 1. The van der Waals surface area contributed by atoms with E-state index in [1.807, 2.05) is 42.6 Å². The van der Waals surface area contributed by atoms with E-state index in [4.69, 9.17) is 0 Å². The summed E-state index contributed by atoms with van der Waals surface area (Å²) in [5, 5.41) is 10.3. The van der Waals surface area contributed by atoms with Crippen LogP contribution < -0.4 is 0 Å². The zero-order valence-corrected chi connectivity index (χ0v) is 10.3. The summed E-state index contributed by atoms with van der Waals surface area (Å²) in [7, 11) is 0. The highest BCUT2D eigenvalue weighted by molar-refractivity contribution is 5.87. The van der Waals surface area contributed by atoms with E-state index >= 15 is 0 Å². The van der Waals surface area contributed by atoms with Crippen LogP contribution in [0.2, 0.25) is 0 Å². The van der Waals surface area contributed by atoms with Crippen LogP contribution in [0.25, 0.3) is 10.9 Å². The molecule has 0 spiro atoms. The molecule has 0 aliphatic heterocycles. The van der Waals surface area contributed by atoms with Gasteiger partial charge in [0.25, 0.3) is 0 Å². The van der Waals surface area contributed by atoms with Crippen molar-refractivity contribution in [3.8, 4) is 5.75 Å². The summed E-state index contributed by atoms with van der Waals surface area (Å²) in [6.07, 6.45) is 2.86. The first-order valence-corrected chi connectivity index (χ1v) is 6.08. The van der Waals surface area contributed by atoms with Gasteiger partial charge in [-0.05, 0) is 42.0 Å². The van der Waals surface area contributed by atoms with Gasteiger partial charge in [0.2, 0.25) is 0 Å². The van der Waals surface area contributed by atoms with Gasteiger partial charge >= 0.3 is 0 Å². The second kappa shape index (κ2) is 4.61. The number of phenolic OH excluding ortho intramolecular Hbond substituents is 1. The molecule has 1 aromatic heterocycles. The minimum atomic E-state index is 0.275. The van der Waals surface area contributed by atoms with E-state index in [0.29, 0.717) is 5.56 Å². The van der Waals surface area contributed by atoms with Crippen LogP contribution in [0, 0.1) is 0 Å². The molecule has 3 rings (SSSR count). The van der Waals surface area contributed by atoms with Gasteiger partial charge in [-0.3, -0.25) is 4.79 Å². The van der Waals surface area contributed by atoms with Crippen LogP contribution in [0.15, 0.2) is 54.7 Å². The van der Waals surface area contributed by atoms with Crippen molar-refractivity contribution in [1.29, 1.82) is 0 Å². The first-order chi connectivity index (χ1) is 9.26. The Morgan fingerprint density at radius 2 is 1.84 bits per heavy atom. The second-order valence-corrected chi connectivity index (χ2v) is 4.55. The third-order valence-corrected chi connectivity index (χ3v) is 3.22. The quantitative estimate of drug-likeness (QED) is 0.726. The van der Waals surface area contributed by atoms with Gasteiger partial charge in [-0.1, -0.05) is 12.1 Å². The molecule has 1 N–H and O–H groups in total. The number of fused-ring (bicyclic) bond motifs is 1. The molecule has 2 aromatic carbocycles. The summed E-state index contributed by atoms with van der Waals surface area (Å²) in [5.74, 6) is 0.275. The summed E-state index contributed by atoms with van der Waals surface area (Å²) in [6, 6.07) is 14.8. The fraction of sp³-hybridized carbons (Fsp3) is 0.0625. The summed E-state index contributed by atoms with van der Waals surface area (Å²) in [6.45, 7) is 0.740. The average molecular weight is 251 g/mol. The number of hydrogen-bond acceptors (Lipinski definition) is 2. The largest absolute Gasteiger partial charge is 0.508 e. The number of rotatable bonds is 3. The first kappa shape index (κ1) is 11.5. The highest BCUT2D eigenvalue weighted by Crippen LogP contribution is 2.19. The number of benzene rings is 2. The van der Waals surface area contributed by atoms with E-state index < -0.39 is 0 Å². The van der Waals surface area contributed by atoms with Crippen molar-refractivity contribution in [2.75, 3.05) is 0 Å². The number of aromatic nitrogens is 1. The molecular weight excluding hydrogens is 238 g/mol. The first-order valence-electron chi connectivity index (χ1n) is 6.08. The number of carbonyl (C=O) groups is 1. The van der Waals surface area contributed by atoms with Crippen LogP contribution in [-0.4, -0.2) is 16.0 Å². The Kier molecular flexibility index (Phi) is 2.80. The molecule has 0 amide bonds. The van der Waals surface area contributed by atoms with Crippen molar-refractivity contribution >= 4 is 17.2 Å². The Morgan fingerprint density at radius 1 is 1.05 bits per heavy atom. The molecule has 19 heavy (non-hydrogen) atoms. The van der Waals surface area contributed by atoms with Crippen molar-refractivity contribution in [2.45, 2.75) is 6.54 Å². The molecule has 0 fully saturated rings. The molecule has 0 aliphatic carbocycles. The minimum absolute atomic E-state index is 0.275. The van der Waals surface area contributed by atoms with Gasteiger partial charge in [0.15, 0.2) is 0 Å². The Bertz CT molecular complexity index is 726. The fourth-order valence-corrected chi connectivity index (χ4v) is 2.23. The van der Waals surface area contributed by atoms with Gasteiger partial charge in [-0.15, -0.1) is 0 Å². The van der Waals surface area contributed by atoms with Crippen LogP contribution >= 0.6 is 0 Å². The lowest BCUT2D eigenvalue weighted by atomic mass is 10.2. The van der Waals surface area contributed by atoms with Gasteiger partial charge in [-0.2, -0.15) is 0 Å². The summed E-state index contributed by atoms with van der Waals surface area (Å²) in [5.41, 5.74) is 2.91. The highest BCUT2D eigenvalue weighted by atomic mass is 16.3. The van der Waals surface area contributed by atoms with Crippen LogP contribution in [0.4, 0.5) is 0 Å². The lowest BCUT2D eigenvalue weighted by Crippen LogP contribution is -1.97. The zero-order chi connectivity index (χ0) is 13.2. The predicted octanol–water partition coefficient (Wildman–Crippen LogP) is 3.21. The number of aldehydes is 1. The molecule has 0 bridgehead atoms. The molecule has 1 heterocycles. The molecular formula is C16H13NO2. The molecule has 0 unspecified atom stereocenters. The van der Waals surface area contributed by atoms with Crippen LogP contribution in [0.3, 0.4) is 0 Å². The van der Waals surface area contributed by atoms with Crippen LogP contribution in [-0.2, 0) is 6.54 Å². The molecule has 0 radical (unpaired) electrons. The summed E-state index contributed by atoms with van der Waals surface area (Å²) >= 11 is 0. The number of carbonyl (C=O) groups excluding carboxylic acids is 1. The van der Waals surface area contributed by atoms with Crippen molar-refractivity contribution in [1.82, 2.24) is 4.57 Å². The van der Waals surface area contributed by atoms with E-state index in [2.05, 4.69) is 4.57 Å². The molecule has 3 aromatic rings. The average Bonchev–Trinajstić information content (AvgIpc) is 2.83. The van der Waals surface area contributed by atoms with Crippen molar-refractivity contribution < 1.29 is 9.90 Å². The van der Waals surface area contributed by atoms with Crippen molar-refractivity contribution in [3.63, 3.8) is 0 Å². The topological polar surface area (TPSA) is 42.2 Å². The molecule has 0 saturated carbocycles. The predicted molar refractivity (Wildman–Crippen MR) is 74.5 cm³/mol. The Morgan fingerprint density at radius 3 is 2.58 bits per heavy atom. The SMILES string of the molecule is O=Cc1ccc2c(ccn2Cc2ccc(O)cc2)c1. The number of nitrogens with zero attached hydrogens (tertiary/aromatic N) is 1. The van der Waals surface area contributed by atoms with E-state index in [9.17, 15) is 9.90 Å². The minimum Gasteiger partial charge on any atom is -0.508 e. The van der Waals surface area contributed by atoms with Gasteiger partial charge in [0.05, 0.1) is 0 Å². The van der Waals surface area contributed by atoms with Gasteiger partial charge in [0, 0.05) is 29.2 Å². The van der Waals surface area contributed by atoms with E-state index in [-0.39, 0.29) is 5.75 Å². The maximum absolute atomic E-state index is 10.7. The molecule has 0 atom stereocenters. The highest BCUT2D eigenvalue weighted by Gasteiger charge is 2.03. The van der Waals surface area contributed by atoms with Gasteiger partial charge < -0.3 is 9.67 Å². The summed E-state index contributed by atoms with van der Waals surface area (Å²) < 4.78 is 2.12. The number of aromatic hydroxyl groups is 1. The van der Waals surface area contributed by atoms with E-state index in [1.165, 1.54) is 0 Å². The fourth-order valence-electron chi connectivity index (χ4n) is 2.23. The van der Waals surface area contributed by atoms with Gasteiger partial charge in [-0.25, -0.2) is 0 Å².